The monoisotopic (exact) mass is 280 g/mol. The highest BCUT2D eigenvalue weighted by atomic mass is 16.5. The van der Waals surface area contributed by atoms with E-state index in [9.17, 15) is 0 Å². The Morgan fingerprint density at radius 1 is 1.24 bits per heavy atom. The molecule has 0 amide bonds. The Kier molecular flexibility index (Phi) is 2.60. The van der Waals surface area contributed by atoms with Crippen molar-refractivity contribution in [2.45, 2.75) is 18.8 Å². The second-order valence-electron chi connectivity index (χ2n) is 5.40. The first-order valence-electron chi connectivity index (χ1n) is 7.05. The fraction of sp³-hybridized carbons (Fsp3) is 0.250. The predicted molar refractivity (Wildman–Crippen MR) is 81.4 cm³/mol. The predicted octanol–water partition coefficient (Wildman–Crippen LogP) is 2.86. The van der Waals surface area contributed by atoms with Gasteiger partial charge in [-0.25, -0.2) is 4.98 Å². The van der Waals surface area contributed by atoms with E-state index in [1.807, 2.05) is 30.5 Å². The van der Waals surface area contributed by atoms with Crippen molar-refractivity contribution >= 4 is 11.5 Å². The molecule has 1 saturated carbocycles. The third kappa shape index (κ3) is 2.01. The Hall–Kier alpha value is -2.56. The summed E-state index contributed by atoms with van der Waals surface area (Å²) >= 11 is 0. The van der Waals surface area contributed by atoms with Gasteiger partial charge in [-0.05, 0) is 54.7 Å². The van der Waals surface area contributed by atoms with Crippen LogP contribution in [0.3, 0.4) is 0 Å². The van der Waals surface area contributed by atoms with Gasteiger partial charge >= 0.3 is 0 Å². The molecule has 4 rings (SSSR count). The van der Waals surface area contributed by atoms with Gasteiger partial charge in [0.2, 0.25) is 5.95 Å². The molecule has 1 aliphatic rings. The number of benzene rings is 1. The third-order valence-corrected chi connectivity index (χ3v) is 3.96. The van der Waals surface area contributed by atoms with E-state index in [2.05, 4.69) is 16.1 Å². The Balaban J connectivity index is 1.85. The molecule has 21 heavy (non-hydrogen) atoms. The smallest absolute Gasteiger partial charge is 0.221 e. The molecular weight excluding hydrogens is 264 g/mol. The Morgan fingerprint density at radius 2 is 2.00 bits per heavy atom. The van der Waals surface area contributed by atoms with Crippen LogP contribution in [0.5, 0.6) is 5.75 Å². The van der Waals surface area contributed by atoms with Crippen molar-refractivity contribution in [2.24, 2.45) is 0 Å². The summed E-state index contributed by atoms with van der Waals surface area (Å²) in [6.45, 7) is 0. The molecular formula is C16H16N4O. The van der Waals surface area contributed by atoms with Crippen LogP contribution >= 0.6 is 0 Å². The van der Waals surface area contributed by atoms with Crippen molar-refractivity contribution in [2.75, 3.05) is 12.8 Å². The lowest BCUT2D eigenvalue weighted by atomic mass is 10.1. The minimum Gasteiger partial charge on any atom is -0.497 e. The van der Waals surface area contributed by atoms with Crippen LogP contribution in [-0.2, 0) is 0 Å². The number of nitrogens with zero attached hydrogens (tertiary/aromatic N) is 3. The lowest BCUT2D eigenvalue weighted by molar-refractivity contribution is 0.415. The fourth-order valence-electron chi connectivity index (χ4n) is 2.63. The molecule has 0 radical (unpaired) electrons. The van der Waals surface area contributed by atoms with Crippen LogP contribution in [0.1, 0.15) is 24.3 Å². The molecule has 0 saturated heterocycles. The topological polar surface area (TPSA) is 65.4 Å². The maximum atomic E-state index is 5.95. The van der Waals surface area contributed by atoms with Gasteiger partial charge in [-0.3, -0.25) is 0 Å². The van der Waals surface area contributed by atoms with E-state index in [-0.39, 0.29) is 0 Å². The molecule has 0 bridgehead atoms. The molecule has 2 N–H and O–H groups in total. The van der Waals surface area contributed by atoms with Crippen molar-refractivity contribution < 1.29 is 4.74 Å². The maximum absolute atomic E-state index is 5.95. The minimum absolute atomic E-state index is 0.425. The standard InChI is InChI=1S/C16H16N4O/c1-21-12-6-4-11(5-7-12)14-8-15-13(10-2-3-10)9-18-16(17)20(15)19-14/h4-10H,2-3H2,1H3,(H2,17,18). The van der Waals surface area contributed by atoms with Gasteiger partial charge in [0.05, 0.1) is 18.3 Å². The molecule has 5 nitrogen and oxygen atoms in total. The summed E-state index contributed by atoms with van der Waals surface area (Å²) in [5, 5.41) is 4.60. The van der Waals surface area contributed by atoms with E-state index >= 15 is 0 Å². The van der Waals surface area contributed by atoms with Gasteiger partial charge in [-0.2, -0.15) is 9.61 Å². The molecule has 1 fully saturated rings. The van der Waals surface area contributed by atoms with Crippen LogP contribution in [0.25, 0.3) is 16.8 Å². The first-order valence-corrected chi connectivity index (χ1v) is 7.05. The van der Waals surface area contributed by atoms with Gasteiger partial charge in [0, 0.05) is 11.8 Å². The molecule has 0 aliphatic heterocycles. The Labute approximate surface area is 122 Å². The van der Waals surface area contributed by atoms with Crippen molar-refractivity contribution in [1.29, 1.82) is 0 Å². The van der Waals surface area contributed by atoms with Crippen LogP contribution in [0.4, 0.5) is 5.95 Å². The first-order chi connectivity index (χ1) is 10.3. The second-order valence-corrected chi connectivity index (χ2v) is 5.40. The van der Waals surface area contributed by atoms with E-state index < -0.39 is 0 Å². The zero-order chi connectivity index (χ0) is 14.4. The molecule has 2 aromatic heterocycles. The fourth-order valence-corrected chi connectivity index (χ4v) is 2.63. The van der Waals surface area contributed by atoms with E-state index in [0.717, 1.165) is 22.5 Å². The zero-order valence-corrected chi connectivity index (χ0v) is 11.8. The molecule has 3 aromatic rings. The van der Waals surface area contributed by atoms with E-state index in [4.69, 9.17) is 10.5 Å². The van der Waals surface area contributed by atoms with Gasteiger partial charge < -0.3 is 10.5 Å². The molecule has 0 unspecified atom stereocenters. The summed E-state index contributed by atoms with van der Waals surface area (Å²) in [7, 11) is 1.66. The number of methoxy groups -OCH3 is 1. The zero-order valence-electron chi connectivity index (χ0n) is 11.8. The normalized spacial score (nSPS) is 14.5. The summed E-state index contributed by atoms with van der Waals surface area (Å²) < 4.78 is 6.93. The summed E-state index contributed by atoms with van der Waals surface area (Å²) in [6.07, 6.45) is 4.34. The van der Waals surface area contributed by atoms with E-state index in [0.29, 0.717) is 11.9 Å². The summed E-state index contributed by atoms with van der Waals surface area (Å²) in [5.41, 5.74) is 10.2. The molecule has 2 heterocycles. The number of ether oxygens (including phenoxy) is 1. The van der Waals surface area contributed by atoms with Gasteiger partial charge in [-0.15, -0.1) is 0 Å². The molecule has 0 spiro atoms. The number of hydrogen-bond acceptors (Lipinski definition) is 4. The second kappa shape index (κ2) is 4.48. The van der Waals surface area contributed by atoms with Crippen LogP contribution < -0.4 is 10.5 Å². The Bertz CT molecular complexity index is 803. The summed E-state index contributed by atoms with van der Waals surface area (Å²) in [5.74, 6) is 1.87. The third-order valence-electron chi connectivity index (χ3n) is 3.96. The molecule has 106 valence electrons. The molecule has 0 atom stereocenters. The lowest BCUT2D eigenvalue weighted by Gasteiger charge is -2.02. The summed E-state index contributed by atoms with van der Waals surface area (Å²) in [6, 6.07) is 9.96. The van der Waals surface area contributed by atoms with Gasteiger partial charge in [0.15, 0.2) is 0 Å². The number of nitrogens with two attached hydrogens (primary N) is 1. The Morgan fingerprint density at radius 3 is 2.67 bits per heavy atom. The quantitative estimate of drug-likeness (QED) is 0.801. The van der Waals surface area contributed by atoms with Crippen molar-refractivity contribution in [3.8, 4) is 17.0 Å². The summed E-state index contributed by atoms with van der Waals surface area (Å²) in [4.78, 5) is 4.26. The number of nitrogen functional groups attached to an aromatic ring is 1. The molecule has 1 aliphatic carbocycles. The number of hydrogen-bond donors (Lipinski definition) is 1. The molecule has 5 heteroatoms. The van der Waals surface area contributed by atoms with Crippen molar-refractivity contribution in [1.82, 2.24) is 14.6 Å². The average Bonchev–Trinajstić information content (AvgIpc) is 3.25. The maximum Gasteiger partial charge on any atom is 0.221 e. The molecule has 1 aromatic carbocycles. The lowest BCUT2D eigenvalue weighted by Crippen LogP contribution is -2.03. The van der Waals surface area contributed by atoms with E-state index in [1.165, 1.54) is 18.4 Å². The number of rotatable bonds is 3. The highest BCUT2D eigenvalue weighted by molar-refractivity contribution is 5.70. The van der Waals surface area contributed by atoms with Crippen LogP contribution in [0, 0.1) is 0 Å². The first kappa shape index (κ1) is 12.2. The SMILES string of the molecule is COc1ccc(-c2cc3c(C4CC4)cnc(N)n3n2)cc1. The van der Waals surface area contributed by atoms with Gasteiger partial charge in [0.25, 0.3) is 0 Å². The number of anilines is 1. The highest BCUT2D eigenvalue weighted by Gasteiger charge is 2.27. The van der Waals surface area contributed by atoms with Crippen LogP contribution in [-0.4, -0.2) is 21.7 Å². The average molecular weight is 280 g/mol. The number of aromatic nitrogens is 3. The van der Waals surface area contributed by atoms with Gasteiger partial charge in [-0.1, -0.05) is 0 Å². The minimum atomic E-state index is 0.425. The largest absolute Gasteiger partial charge is 0.497 e. The van der Waals surface area contributed by atoms with E-state index in [1.54, 1.807) is 11.6 Å². The van der Waals surface area contributed by atoms with Crippen molar-refractivity contribution in [3.05, 3.63) is 42.1 Å². The number of fused-ring (bicyclic) bond motifs is 1. The van der Waals surface area contributed by atoms with Crippen molar-refractivity contribution in [3.63, 3.8) is 0 Å². The van der Waals surface area contributed by atoms with Crippen LogP contribution in [0.2, 0.25) is 0 Å². The van der Waals surface area contributed by atoms with Gasteiger partial charge in [0.1, 0.15) is 5.75 Å². The van der Waals surface area contributed by atoms with Crippen LogP contribution in [0.15, 0.2) is 36.5 Å². The highest BCUT2D eigenvalue weighted by Crippen LogP contribution is 2.42.